The number of methoxy groups -OCH3 is 1. The maximum atomic E-state index is 5.43. The van der Waals surface area contributed by atoms with Crippen molar-refractivity contribution in [1.29, 1.82) is 0 Å². The van der Waals surface area contributed by atoms with Crippen molar-refractivity contribution in [2.45, 2.75) is 6.92 Å². The summed E-state index contributed by atoms with van der Waals surface area (Å²) in [6.07, 6.45) is 3.15. The fourth-order valence-corrected chi connectivity index (χ4v) is 2.63. The molecule has 22 heavy (non-hydrogen) atoms. The molecule has 0 aliphatic rings. The molecular formula is C16H13N5O. The van der Waals surface area contributed by atoms with Crippen molar-refractivity contribution in [1.82, 2.24) is 24.9 Å². The molecule has 0 radical (unpaired) electrons. The Hall–Kier alpha value is -3.02. The quantitative estimate of drug-likeness (QED) is 0.614. The Bertz CT molecular complexity index is 992. The zero-order valence-corrected chi connectivity index (χ0v) is 12.2. The molecule has 6 heteroatoms. The standard InChI is InChI=1S/C16H13N5O/c1-9-3-4-10-11(5-6-12(22-2)13(10)21-9)14-15-16(19-7-17-14)20-8-18-15/h3-8H,1-2H3,(H,17,18,19,20). The van der Waals surface area contributed by atoms with Gasteiger partial charge in [-0.2, -0.15) is 0 Å². The monoisotopic (exact) mass is 291 g/mol. The van der Waals surface area contributed by atoms with E-state index in [9.17, 15) is 0 Å². The van der Waals surface area contributed by atoms with E-state index in [1.54, 1.807) is 13.4 Å². The van der Waals surface area contributed by atoms with Gasteiger partial charge in [0.2, 0.25) is 0 Å². The van der Waals surface area contributed by atoms with Crippen LogP contribution in [-0.4, -0.2) is 32.0 Å². The van der Waals surface area contributed by atoms with E-state index in [-0.39, 0.29) is 0 Å². The summed E-state index contributed by atoms with van der Waals surface area (Å²) < 4.78 is 5.43. The van der Waals surface area contributed by atoms with Crippen molar-refractivity contribution in [2.24, 2.45) is 0 Å². The Morgan fingerprint density at radius 2 is 1.95 bits per heavy atom. The lowest BCUT2D eigenvalue weighted by Crippen LogP contribution is -1.94. The summed E-state index contributed by atoms with van der Waals surface area (Å²) in [4.78, 5) is 20.5. The fraction of sp³-hybridized carbons (Fsp3) is 0.125. The molecule has 108 valence electrons. The first-order valence-electron chi connectivity index (χ1n) is 6.87. The molecule has 6 nitrogen and oxygen atoms in total. The number of nitrogens with zero attached hydrogens (tertiary/aromatic N) is 4. The number of benzene rings is 1. The van der Waals surface area contributed by atoms with Crippen LogP contribution in [0, 0.1) is 6.92 Å². The molecule has 0 bridgehead atoms. The number of fused-ring (bicyclic) bond motifs is 2. The van der Waals surface area contributed by atoms with Gasteiger partial charge in [-0.15, -0.1) is 0 Å². The van der Waals surface area contributed by atoms with Gasteiger partial charge in [-0.25, -0.2) is 19.9 Å². The first kappa shape index (κ1) is 12.7. The largest absolute Gasteiger partial charge is 0.494 e. The highest BCUT2D eigenvalue weighted by molar-refractivity contribution is 6.02. The number of ether oxygens (including phenoxy) is 1. The lowest BCUT2D eigenvalue weighted by molar-refractivity contribution is 0.419. The van der Waals surface area contributed by atoms with Crippen LogP contribution in [0.25, 0.3) is 33.3 Å². The molecule has 0 aliphatic heterocycles. The van der Waals surface area contributed by atoms with E-state index in [4.69, 9.17) is 4.74 Å². The van der Waals surface area contributed by atoms with Crippen molar-refractivity contribution < 1.29 is 4.74 Å². The Morgan fingerprint density at radius 1 is 1.05 bits per heavy atom. The first-order chi connectivity index (χ1) is 10.8. The molecule has 0 spiro atoms. The van der Waals surface area contributed by atoms with Crippen LogP contribution >= 0.6 is 0 Å². The lowest BCUT2D eigenvalue weighted by atomic mass is 10.0. The molecule has 4 rings (SSSR count). The lowest BCUT2D eigenvalue weighted by Gasteiger charge is -2.10. The Balaban J connectivity index is 2.09. The molecule has 0 saturated carbocycles. The molecule has 1 N–H and O–H groups in total. The van der Waals surface area contributed by atoms with Gasteiger partial charge < -0.3 is 9.72 Å². The van der Waals surface area contributed by atoms with Crippen molar-refractivity contribution in [2.75, 3.05) is 7.11 Å². The zero-order chi connectivity index (χ0) is 15.1. The van der Waals surface area contributed by atoms with Crippen molar-refractivity contribution in [3.63, 3.8) is 0 Å². The minimum absolute atomic E-state index is 0.647. The van der Waals surface area contributed by atoms with Crippen molar-refractivity contribution in [3.8, 4) is 17.0 Å². The minimum Gasteiger partial charge on any atom is -0.494 e. The van der Waals surface area contributed by atoms with Crippen LogP contribution in [0.1, 0.15) is 5.69 Å². The maximum absolute atomic E-state index is 5.43. The third-order valence-corrected chi connectivity index (χ3v) is 3.66. The van der Waals surface area contributed by atoms with Gasteiger partial charge in [0.05, 0.1) is 13.4 Å². The molecular weight excluding hydrogens is 278 g/mol. The van der Waals surface area contributed by atoms with Crippen LogP contribution in [-0.2, 0) is 0 Å². The molecule has 0 amide bonds. The SMILES string of the molecule is COc1ccc(-c2ncnc3nc[nH]c23)c2ccc(C)nc12. The molecule has 0 fully saturated rings. The number of rotatable bonds is 2. The Kier molecular flexibility index (Phi) is 2.75. The number of aromatic nitrogens is 5. The van der Waals surface area contributed by atoms with Gasteiger partial charge in [-0.1, -0.05) is 6.07 Å². The highest BCUT2D eigenvalue weighted by Crippen LogP contribution is 2.34. The first-order valence-corrected chi connectivity index (χ1v) is 6.87. The molecule has 4 aromatic rings. The highest BCUT2D eigenvalue weighted by Gasteiger charge is 2.14. The topological polar surface area (TPSA) is 76.6 Å². The minimum atomic E-state index is 0.647. The predicted octanol–water partition coefficient (Wildman–Crippen LogP) is 2.89. The second-order valence-corrected chi connectivity index (χ2v) is 4.99. The van der Waals surface area contributed by atoms with E-state index < -0.39 is 0 Å². The van der Waals surface area contributed by atoms with Gasteiger partial charge in [0.15, 0.2) is 5.65 Å². The molecule has 0 saturated heterocycles. The van der Waals surface area contributed by atoms with Crippen molar-refractivity contribution in [3.05, 3.63) is 42.6 Å². The van der Waals surface area contributed by atoms with Crippen LogP contribution < -0.4 is 4.74 Å². The smallest absolute Gasteiger partial charge is 0.181 e. The van der Waals surface area contributed by atoms with Crippen LogP contribution in [0.3, 0.4) is 0 Å². The van der Waals surface area contributed by atoms with Crippen LogP contribution in [0.15, 0.2) is 36.9 Å². The van der Waals surface area contributed by atoms with Gasteiger partial charge in [0.1, 0.15) is 28.8 Å². The zero-order valence-electron chi connectivity index (χ0n) is 12.2. The number of aromatic amines is 1. The summed E-state index contributed by atoms with van der Waals surface area (Å²) in [6, 6.07) is 7.92. The highest BCUT2D eigenvalue weighted by atomic mass is 16.5. The molecule has 3 heterocycles. The Morgan fingerprint density at radius 3 is 2.82 bits per heavy atom. The van der Waals surface area contributed by atoms with E-state index in [0.717, 1.165) is 39.1 Å². The number of H-pyrrole nitrogens is 1. The van der Waals surface area contributed by atoms with Gasteiger partial charge >= 0.3 is 0 Å². The number of aryl methyl sites for hydroxylation is 1. The summed E-state index contributed by atoms with van der Waals surface area (Å²) in [6.45, 7) is 1.96. The van der Waals surface area contributed by atoms with Crippen LogP contribution in [0.4, 0.5) is 0 Å². The average Bonchev–Trinajstić information content (AvgIpc) is 3.02. The van der Waals surface area contributed by atoms with E-state index in [1.807, 2.05) is 31.2 Å². The number of nitrogens with one attached hydrogen (secondary N) is 1. The second-order valence-electron chi connectivity index (χ2n) is 4.99. The molecule has 0 aliphatic carbocycles. The third kappa shape index (κ3) is 1.81. The number of hydrogen-bond acceptors (Lipinski definition) is 5. The summed E-state index contributed by atoms with van der Waals surface area (Å²) in [5.41, 5.74) is 5.01. The number of imidazole rings is 1. The number of hydrogen-bond donors (Lipinski definition) is 1. The summed E-state index contributed by atoms with van der Waals surface area (Å²) in [7, 11) is 1.65. The maximum Gasteiger partial charge on any atom is 0.181 e. The van der Waals surface area contributed by atoms with Crippen LogP contribution in [0.5, 0.6) is 5.75 Å². The fourth-order valence-electron chi connectivity index (χ4n) is 2.63. The molecule has 0 atom stereocenters. The molecule has 1 aromatic carbocycles. The number of pyridine rings is 1. The van der Waals surface area contributed by atoms with Gasteiger partial charge in [0.25, 0.3) is 0 Å². The van der Waals surface area contributed by atoms with Crippen molar-refractivity contribution >= 4 is 22.1 Å². The normalized spacial score (nSPS) is 11.2. The third-order valence-electron chi connectivity index (χ3n) is 3.66. The predicted molar refractivity (Wildman–Crippen MR) is 83.7 cm³/mol. The average molecular weight is 291 g/mol. The summed E-state index contributed by atoms with van der Waals surface area (Å²) in [5.74, 6) is 0.748. The van der Waals surface area contributed by atoms with Gasteiger partial charge in [-0.05, 0) is 25.1 Å². The molecule has 3 aromatic heterocycles. The summed E-state index contributed by atoms with van der Waals surface area (Å²) >= 11 is 0. The van der Waals surface area contributed by atoms with Gasteiger partial charge in [-0.3, -0.25) is 0 Å². The van der Waals surface area contributed by atoms with E-state index in [1.165, 1.54) is 6.33 Å². The van der Waals surface area contributed by atoms with E-state index in [0.29, 0.717) is 5.65 Å². The summed E-state index contributed by atoms with van der Waals surface area (Å²) in [5, 5.41) is 0.986. The molecule has 0 unspecified atom stereocenters. The Labute approximate surface area is 126 Å². The van der Waals surface area contributed by atoms with Crippen LogP contribution in [0.2, 0.25) is 0 Å². The van der Waals surface area contributed by atoms with E-state index >= 15 is 0 Å². The second kappa shape index (κ2) is 4.77. The van der Waals surface area contributed by atoms with Gasteiger partial charge in [0, 0.05) is 16.6 Å². The van der Waals surface area contributed by atoms with E-state index in [2.05, 4.69) is 24.9 Å².